The van der Waals surface area contributed by atoms with E-state index in [2.05, 4.69) is 23.6 Å². The van der Waals surface area contributed by atoms with Crippen molar-refractivity contribution in [2.24, 2.45) is 0 Å². The van der Waals surface area contributed by atoms with Crippen molar-refractivity contribution in [2.45, 2.75) is 19.5 Å². The molecule has 2 amide bonds. The fourth-order valence-corrected chi connectivity index (χ4v) is 2.52. The second kappa shape index (κ2) is 9.36. The second-order valence-corrected chi connectivity index (χ2v) is 5.93. The van der Waals surface area contributed by atoms with Gasteiger partial charge in [0, 0.05) is 19.3 Å². The number of nitrogens with one attached hydrogen (secondary N) is 1. The topological polar surface area (TPSA) is 67.2 Å². The van der Waals surface area contributed by atoms with Gasteiger partial charge >= 0.3 is 0 Å². The summed E-state index contributed by atoms with van der Waals surface area (Å²) in [5.74, 6) is -0.517. The number of hydrogen-bond donors (Lipinski definition) is 1. The van der Waals surface area contributed by atoms with E-state index in [0.29, 0.717) is 25.2 Å². The number of hydrogen-bond acceptors (Lipinski definition) is 3. The fraction of sp³-hybridized carbons (Fsp3) is 0.250. The molecule has 0 aliphatic carbocycles. The number of rotatable bonds is 9. The minimum absolute atomic E-state index is 0.185. The van der Waals surface area contributed by atoms with Gasteiger partial charge in [-0.15, -0.1) is 13.2 Å². The lowest BCUT2D eigenvalue weighted by atomic mass is 10.2. The highest BCUT2D eigenvalue weighted by molar-refractivity contribution is 5.97. The summed E-state index contributed by atoms with van der Waals surface area (Å²) >= 11 is 0. The molecule has 26 heavy (non-hydrogen) atoms. The van der Waals surface area contributed by atoms with Crippen LogP contribution in [0.25, 0.3) is 0 Å². The van der Waals surface area contributed by atoms with Crippen molar-refractivity contribution in [3.8, 4) is 0 Å². The Bertz CT molecular complexity index is 757. The van der Waals surface area contributed by atoms with E-state index < -0.39 is 6.04 Å². The molecule has 2 rings (SSSR count). The summed E-state index contributed by atoms with van der Waals surface area (Å²) in [6.45, 7) is 10.3. The Balaban J connectivity index is 1.97. The smallest absolute Gasteiger partial charge is 0.255 e. The minimum Gasteiger partial charge on any atom is -0.340 e. The van der Waals surface area contributed by atoms with Crippen molar-refractivity contribution in [1.29, 1.82) is 0 Å². The molecule has 1 aromatic heterocycles. The van der Waals surface area contributed by atoms with E-state index in [1.54, 1.807) is 34.9 Å². The first-order chi connectivity index (χ1) is 12.5. The van der Waals surface area contributed by atoms with Crippen LogP contribution in [0.4, 0.5) is 0 Å². The zero-order valence-electron chi connectivity index (χ0n) is 15.0. The van der Waals surface area contributed by atoms with Gasteiger partial charge in [0.05, 0.1) is 18.3 Å². The number of amides is 2. The quantitative estimate of drug-likeness (QED) is 0.704. The maximum atomic E-state index is 12.4. The normalized spacial score (nSPS) is 11.4. The SMILES string of the molecule is C=CCN(CC=C)C(=O)C(C)NC(=O)c1cnn(Cc2ccccc2)c1. The van der Waals surface area contributed by atoms with Crippen molar-refractivity contribution in [3.05, 3.63) is 79.2 Å². The zero-order chi connectivity index (χ0) is 18.9. The lowest BCUT2D eigenvalue weighted by molar-refractivity contribution is -0.131. The Kier molecular flexibility index (Phi) is 6.91. The fourth-order valence-electron chi connectivity index (χ4n) is 2.52. The van der Waals surface area contributed by atoms with Gasteiger partial charge in [-0.1, -0.05) is 42.5 Å². The molecule has 0 bridgehead atoms. The lowest BCUT2D eigenvalue weighted by Gasteiger charge is -2.23. The predicted octanol–water partition coefficient (Wildman–Crippen LogP) is 2.25. The van der Waals surface area contributed by atoms with E-state index in [4.69, 9.17) is 0 Å². The Morgan fingerprint density at radius 2 is 1.88 bits per heavy atom. The molecule has 6 nitrogen and oxygen atoms in total. The van der Waals surface area contributed by atoms with Crippen LogP contribution < -0.4 is 5.32 Å². The van der Waals surface area contributed by atoms with Gasteiger partial charge in [-0.25, -0.2) is 0 Å². The van der Waals surface area contributed by atoms with Crippen molar-refractivity contribution < 1.29 is 9.59 Å². The molecule has 2 aromatic rings. The van der Waals surface area contributed by atoms with Crippen molar-refractivity contribution >= 4 is 11.8 Å². The van der Waals surface area contributed by atoms with E-state index in [-0.39, 0.29) is 11.8 Å². The average molecular weight is 352 g/mol. The molecule has 0 radical (unpaired) electrons. The molecule has 1 heterocycles. The molecule has 0 aliphatic rings. The summed E-state index contributed by atoms with van der Waals surface area (Å²) in [7, 11) is 0. The molecule has 0 saturated heterocycles. The van der Waals surface area contributed by atoms with Crippen LogP contribution in [0.2, 0.25) is 0 Å². The maximum Gasteiger partial charge on any atom is 0.255 e. The van der Waals surface area contributed by atoms with Crippen molar-refractivity contribution in [2.75, 3.05) is 13.1 Å². The molecule has 0 saturated carbocycles. The molecule has 0 fully saturated rings. The lowest BCUT2D eigenvalue weighted by Crippen LogP contribution is -2.47. The predicted molar refractivity (Wildman–Crippen MR) is 102 cm³/mol. The van der Waals surface area contributed by atoms with Crippen LogP contribution in [0.15, 0.2) is 68.0 Å². The van der Waals surface area contributed by atoms with Gasteiger partial charge in [0.25, 0.3) is 5.91 Å². The third kappa shape index (κ3) is 5.17. The van der Waals surface area contributed by atoms with Crippen molar-refractivity contribution in [3.63, 3.8) is 0 Å². The van der Waals surface area contributed by atoms with Gasteiger partial charge in [-0.05, 0) is 12.5 Å². The van der Waals surface area contributed by atoms with E-state index >= 15 is 0 Å². The molecule has 136 valence electrons. The highest BCUT2D eigenvalue weighted by Gasteiger charge is 2.21. The van der Waals surface area contributed by atoms with E-state index in [1.165, 1.54) is 6.20 Å². The average Bonchev–Trinajstić information content (AvgIpc) is 3.10. The first kappa shape index (κ1) is 19.2. The van der Waals surface area contributed by atoms with Gasteiger partial charge in [-0.3, -0.25) is 14.3 Å². The largest absolute Gasteiger partial charge is 0.340 e. The summed E-state index contributed by atoms with van der Waals surface area (Å²) < 4.78 is 1.69. The summed E-state index contributed by atoms with van der Waals surface area (Å²) in [6.07, 6.45) is 6.46. The monoisotopic (exact) mass is 352 g/mol. The highest BCUT2D eigenvalue weighted by atomic mass is 16.2. The second-order valence-electron chi connectivity index (χ2n) is 5.93. The van der Waals surface area contributed by atoms with Gasteiger partial charge in [-0.2, -0.15) is 5.10 Å². The Morgan fingerprint density at radius 1 is 1.23 bits per heavy atom. The molecule has 1 unspecified atom stereocenters. The maximum absolute atomic E-state index is 12.4. The van der Waals surface area contributed by atoms with Gasteiger partial charge in [0.15, 0.2) is 0 Å². The third-order valence-corrected chi connectivity index (χ3v) is 3.81. The number of carbonyl (C=O) groups is 2. The number of carbonyl (C=O) groups excluding carboxylic acids is 2. The van der Waals surface area contributed by atoms with Crippen LogP contribution in [0, 0.1) is 0 Å². The number of benzene rings is 1. The van der Waals surface area contributed by atoms with Crippen molar-refractivity contribution in [1.82, 2.24) is 20.0 Å². The van der Waals surface area contributed by atoms with E-state index in [1.807, 2.05) is 30.3 Å². The summed E-state index contributed by atoms with van der Waals surface area (Å²) in [5.41, 5.74) is 1.51. The van der Waals surface area contributed by atoms with Gasteiger partial charge in [0.2, 0.25) is 5.91 Å². The summed E-state index contributed by atoms with van der Waals surface area (Å²) in [5, 5.41) is 6.93. The third-order valence-electron chi connectivity index (χ3n) is 3.81. The summed E-state index contributed by atoms with van der Waals surface area (Å²) in [6, 6.07) is 9.20. The molecule has 6 heteroatoms. The number of aromatic nitrogens is 2. The van der Waals surface area contributed by atoms with Crippen LogP contribution in [0.1, 0.15) is 22.8 Å². The molecule has 1 aromatic carbocycles. The Morgan fingerprint density at radius 3 is 2.50 bits per heavy atom. The molecular formula is C20H24N4O2. The molecule has 0 aliphatic heterocycles. The Hall–Kier alpha value is -3.15. The van der Waals surface area contributed by atoms with Crippen LogP contribution in [0.3, 0.4) is 0 Å². The summed E-state index contributed by atoms with van der Waals surface area (Å²) in [4.78, 5) is 26.4. The van der Waals surface area contributed by atoms with Crippen LogP contribution in [-0.2, 0) is 11.3 Å². The minimum atomic E-state index is -0.653. The highest BCUT2D eigenvalue weighted by Crippen LogP contribution is 2.05. The molecule has 1 atom stereocenters. The van der Waals surface area contributed by atoms with E-state index in [9.17, 15) is 9.59 Å². The standard InChI is InChI=1S/C20H24N4O2/c1-4-11-23(12-5-2)20(26)16(3)22-19(25)18-13-21-24(15-18)14-17-9-7-6-8-10-17/h4-10,13,15-16H,1-2,11-12,14H2,3H3,(H,22,25). The van der Waals surface area contributed by atoms with Gasteiger partial charge in [0.1, 0.15) is 6.04 Å². The van der Waals surface area contributed by atoms with E-state index in [0.717, 1.165) is 5.56 Å². The molecule has 0 spiro atoms. The van der Waals surface area contributed by atoms with Crippen LogP contribution in [-0.4, -0.2) is 45.6 Å². The van der Waals surface area contributed by atoms with Crippen LogP contribution >= 0.6 is 0 Å². The number of nitrogens with zero attached hydrogens (tertiary/aromatic N) is 3. The Labute approximate surface area is 153 Å². The molecular weight excluding hydrogens is 328 g/mol. The van der Waals surface area contributed by atoms with Gasteiger partial charge < -0.3 is 10.2 Å². The molecule has 1 N–H and O–H groups in total. The zero-order valence-corrected chi connectivity index (χ0v) is 15.0. The first-order valence-electron chi connectivity index (χ1n) is 8.43. The van der Waals surface area contributed by atoms with Crippen LogP contribution in [0.5, 0.6) is 0 Å². The first-order valence-corrected chi connectivity index (χ1v) is 8.43.